The Hall–Kier alpha value is -0.930. The maximum atomic E-state index is 13.0. The molecular formula is C14H21FO2. The Morgan fingerprint density at radius 3 is 2.71 bits per heavy atom. The van der Waals surface area contributed by atoms with Crippen LogP contribution in [0.4, 0.5) is 4.39 Å². The fourth-order valence-electron chi connectivity index (χ4n) is 1.92. The summed E-state index contributed by atoms with van der Waals surface area (Å²) >= 11 is 0. The van der Waals surface area contributed by atoms with Crippen LogP contribution in [0.3, 0.4) is 0 Å². The lowest BCUT2D eigenvalue weighted by atomic mass is 10.0. The standard InChI is InChI=1S/C14H21FO2/c1-3-6-14(17-4-2)13(16)10-11-7-5-8-12(15)9-11/h5,7-9,13-14,16H,3-4,6,10H2,1-2H3. The molecule has 1 aromatic rings. The van der Waals surface area contributed by atoms with Crippen molar-refractivity contribution in [3.63, 3.8) is 0 Å². The van der Waals surface area contributed by atoms with Crippen molar-refractivity contribution in [2.75, 3.05) is 6.61 Å². The topological polar surface area (TPSA) is 29.5 Å². The van der Waals surface area contributed by atoms with E-state index in [9.17, 15) is 9.50 Å². The number of aliphatic hydroxyl groups is 1. The Balaban J connectivity index is 2.59. The van der Waals surface area contributed by atoms with Gasteiger partial charge in [0.2, 0.25) is 0 Å². The van der Waals surface area contributed by atoms with Gasteiger partial charge in [-0.2, -0.15) is 0 Å². The smallest absolute Gasteiger partial charge is 0.123 e. The summed E-state index contributed by atoms with van der Waals surface area (Å²) in [4.78, 5) is 0. The number of halogens is 1. The van der Waals surface area contributed by atoms with E-state index >= 15 is 0 Å². The average molecular weight is 240 g/mol. The normalized spacial score (nSPS) is 14.6. The summed E-state index contributed by atoms with van der Waals surface area (Å²) in [6.45, 7) is 4.56. The van der Waals surface area contributed by atoms with Crippen molar-refractivity contribution in [2.24, 2.45) is 0 Å². The van der Waals surface area contributed by atoms with Crippen molar-refractivity contribution >= 4 is 0 Å². The molecule has 3 heteroatoms. The second kappa shape index (κ2) is 7.41. The number of rotatable bonds is 7. The van der Waals surface area contributed by atoms with Gasteiger partial charge < -0.3 is 9.84 Å². The summed E-state index contributed by atoms with van der Waals surface area (Å²) in [7, 11) is 0. The molecule has 2 nitrogen and oxygen atoms in total. The quantitative estimate of drug-likeness (QED) is 0.794. The number of hydrogen-bond acceptors (Lipinski definition) is 2. The molecule has 0 aliphatic heterocycles. The summed E-state index contributed by atoms with van der Waals surface area (Å²) < 4.78 is 18.5. The third-order valence-electron chi connectivity index (χ3n) is 2.72. The van der Waals surface area contributed by atoms with Gasteiger partial charge in [-0.25, -0.2) is 4.39 Å². The van der Waals surface area contributed by atoms with E-state index in [-0.39, 0.29) is 11.9 Å². The zero-order chi connectivity index (χ0) is 12.7. The van der Waals surface area contributed by atoms with Gasteiger partial charge >= 0.3 is 0 Å². The first-order valence-electron chi connectivity index (χ1n) is 6.21. The van der Waals surface area contributed by atoms with Crippen LogP contribution in [-0.4, -0.2) is 23.9 Å². The highest BCUT2D eigenvalue weighted by Crippen LogP contribution is 2.13. The van der Waals surface area contributed by atoms with E-state index in [4.69, 9.17) is 4.74 Å². The molecule has 0 saturated carbocycles. The molecule has 0 amide bonds. The average Bonchev–Trinajstić information content (AvgIpc) is 2.28. The Morgan fingerprint density at radius 1 is 1.35 bits per heavy atom. The highest BCUT2D eigenvalue weighted by Gasteiger charge is 2.19. The first-order chi connectivity index (χ1) is 8.17. The monoisotopic (exact) mass is 240 g/mol. The van der Waals surface area contributed by atoms with Crippen LogP contribution >= 0.6 is 0 Å². The van der Waals surface area contributed by atoms with E-state index in [1.54, 1.807) is 6.07 Å². The van der Waals surface area contributed by atoms with Gasteiger partial charge in [-0.1, -0.05) is 25.5 Å². The van der Waals surface area contributed by atoms with E-state index in [0.717, 1.165) is 18.4 Å². The highest BCUT2D eigenvalue weighted by molar-refractivity contribution is 5.17. The minimum absolute atomic E-state index is 0.159. The maximum absolute atomic E-state index is 13.0. The van der Waals surface area contributed by atoms with Crippen LogP contribution in [0.5, 0.6) is 0 Å². The fourth-order valence-corrected chi connectivity index (χ4v) is 1.92. The van der Waals surface area contributed by atoms with E-state index < -0.39 is 6.10 Å². The molecular weight excluding hydrogens is 219 g/mol. The largest absolute Gasteiger partial charge is 0.390 e. The van der Waals surface area contributed by atoms with Crippen molar-refractivity contribution < 1.29 is 14.2 Å². The van der Waals surface area contributed by atoms with Crippen LogP contribution in [0.2, 0.25) is 0 Å². The van der Waals surface area contributed by atoms with Crippen LogP contribution in [0.25, 0.3) is 0 Å². The van der Waals surface area contributed by atoms with Crippen LogP contribution in [0.15, 0.2) is 24.3 Å². The van der Waals surface area contributed by atoms with Crippen molar-refractivity contribution in [1.82, 2.24) is 0 Å². The van der Waals surface area contributed by atoms with Crippen molar-refractivity contribution in [3.05, 3.63) is 35.6 Å². The summed E-state index contributed by atoms with van der Waals surface area (Å²) in [5.74, 6) is -0.266. The molecule has 0 bridgehead atoms. The molecule has 2 atom stereocenters. The molecule has 1 aromatic carbocycles. The molecule has 96 valence electrons. The zero-order valence-corrected chi connectivity index (χ0v) is 10.5. The van der Waals surface area contributed by atoms with E-state index in [2.05, 4.69) is 6.92 Å². The van der Waals surface area contributed by atoms with E-state index in [1.165, 1.54) is 12.1 Å². The lowest BCUT2D eigenvalue weighted by Crippen LogP contribution is -2.31. The fraction of sp³-hybridized carbons (Fsp3) is 0.571. The molecule has 0 aliphatic rings. The van der Waals surface area contributed by atoms with Crippen molar-refractivity contribution in [1.29, 1.82) is 0 Å². The molecule has 0 spiro atoms. The Bertz CT molecular complexity index is 322. The van der Waals surface area contributed by atoms with Crippen LogP contribution in [0.1, 0.15) is 32.3 Å². The molecule has 1 rings (SSSR count). The van der Waals surface area contributed by atoms with Gasteiger partial charge in [-0.3, -0.25) is 0 Å². The Labute approximate surface area is 102 Å². The van der Waals surface area contributed by atoms with Gasteiger partial charge in [0.1, 0.15) is 5.82 Å². The highest BCUT2D eigenvalue weighted by atomic mass is 19.1. The summed E-state index contributed by atoms with van der Waals surface area (Å²) in [6.07, 6.45) is 1.49. The molecule has 0 aromatic heterocycles. The SMILES string of the molecule is CCCC(OCC)C(O)Cc1cccc(F)c1. The zero-order valence-electron chi connectivity index (χ0n) is 10.5. The maximum Gasteiger partial charge on any atom is 0.123 e. The molecule has 0 aliphatic carbocycles. The third kappa shape index (κ3) is 4.84. The summed E-state index contributed by atoms with van der Waals surface area (Å²) in [5.41, 5.74) is 0.804. The minimum atomic E-state index is -0.573. The number of ether oxygens (including phenoxy) is 1. The van der Waals surface area contributed by atoms with Gasteiger partial charge in [0.05, 0.1) is 12.2 Å². The van der Waals surface area contributed by atoms with Crippen LogP contribution in [0, 0.1) is 5.82 Å². The van der Waals surface area contributed by atoms with Gasteiger partial charge in [-0.15, -0.1) is 0 Å². The van der Waals surface area contributed by atoms with Crippen molar-refractivity contribution in [3.8, 4) is 0 Å². The number of aliphatic hydroxyl groups excluding tert-OH is 1. The predicted octanol–water partition coefficient (Wildman–Crippen LogP) is 2.93. The molecule has 0 heterocycles. The van der Waals surface area contributed by atoms with E-state index in [1.807, 2.05) is 13.0 Å². The molecule has 0 saturated heterocycles. The molecule has 2 unspecified atom stereocenters. The molecule has 17 heavy (non-hydrogen) atoms. The number of hydrogen-bond donors (Lipinski definition) is 1. The van der Waals surface area contributed by atoms with Gasteiger partial charge in [-0.05, 0) is 31.0 Å². The second-order valence-corrected chi connectivity index (χ2v) is 4.18. The summed E-state index contributed by atoms with van der Waals surface area (Å²) in [5, 5.41) is 10.1. The first kappa shape index (κ1) is 14.1. The van der Waals surface area contributed by atoms with Gasteiger partial charge in [0, 0.05) is 13.0 Å². The first-order valence-corrected chi connectivity index (χ1v) is 6.21. The summed E-state index contributed by atoms with van der Waals surface area (Å²) in [6, 6.07) is 6.34. The molecule has 0 radical (unpaired) electrons. The second-order valence-electron chi connectivity index (χ2n) is 4.18. The van der Waals surface area contributed by atoms with Crippen LogP contribution < -0.4 is 0 Å². The lowest BCUT2D eigenvalue weighted by Gasteiger charge is -2.22. The van der Waals surface area contributed by atoms with Gasteiger partial charge in [0.25, 0.3) is 0 Å². The predicted molar refractivity (Wildman–Crippen MR) is 66.4 cm³/mol. The molecule has 0 fully saturated rings. The van der Waals surface area contributed by atoms with Crippen molar-refractivity contribution in [2.45, 2.75) is 45.3 Å². The Kier molecular flexibility index (Phi) is 6.16. The Morgan fingerprint density at radius 2 is 2.12 bits per heavy atom. The molecule has 1 N–H and O–H groups in total. The third-order valence-corrected chi connectivity index (χ3v) is 2.72. The lowest BCUT2D eigenvalue weighted by molar-refractivity contribution is -0.0363. The van der Waals surface area contributed by atoms with Crippen LogP contribution in [-0.2, 0) is 11.2 Å². The van der Waals surface area contributed by atoms with E-state index in [0.29, 0.717) is 13.0 Å². The minimum Gasteiger partial charge on any atom is -0.390 e. The van der Waals surface area contributed by atoms with Gasteiger partial charge in [0.15, 0.2) is 0 Å². The number of benzene rings is 1.